The molecule has 1 fully saturated rings. The molecule has 1 aromatic carbocycles. The Kier molecular flexibility index (Phi) is 5.53. The van der Waals surface area contributed by atoms with E-state index >= 15 is 0 Å². The first-order valence-electron chi connectivity index (χ1n) is 10.3. The number of nitrogens with zero attached hydrogens (tertiary/aromatic N) is 3. The van der Waals surface area contributed by atoms with Crippen LogP contribution in [0.25, 0.3) is 0 Å². The van der Waals surface area contributed by atoms with Crippen molar-refractivity contribution in [1.29, 1.82) is 0 Å². The Labute approximate surface area is 174 Å². The number of nitrogens with two attached hydrogens (primary N) is 1. The lowest BCUT2D eigenvalue weighted by Crippen LogP contribution is -2.48. The fourth-order valence-corrected chi connectivity index (χ4v) is 4.56. The molecule has 1 aliphatic heterocycles. The number of alkyl halides is 2. The van der Waals surface area contributed by atoms with Crippen LogP contribution in [-0.2, 0) is 6.42 Å². The number of anilines is 1. The zero-order chi connectivity index (χ0) is 21.5. The number of fused-ring (bicyclic) bond motifs is 1. The number of benzene rings is 1. The van der Waals surface area contributed by atoms with Crippen LogP contribution in [0, 0.1) is 18.7 Å². The van der Waals surface area contributed by atoms with Gasteiger partial charge in [-0.05, 0) is 32.6 Å². The zero-order valence-electron chi connectivity index (χ0n) is 17.1. The fourth-order valence-electron chi connectivity index (χ4n) is 4.56. The molecule has 0 saturated heterocycles. The van der Waals surface area contributed by atoms with Crippen LogP contribution in [0.4, 0.5) is 19.0 Å². The van der Waals surface area contributed by atoms with Gasteiger partial charge in [0.2, 0.25) is 0 Å². The number of aliphatic imine (C=N–C) groups is 1. The van der Waals surface area contributed by atoms with Crippen molar-refractivity contribution in [2.75, 3.05) is 5.32 Å². The molecular weight excluding hydrogens is 391 g/mol. The summed E-state index contributed by atoms with van der Waals surface area (Å²) in [6.45, 7) is 3.49. The van der Waals surface area contributed by atoms with E-state index in [2.05, 4.69) is 20.3 Å². The summed E-state index contributed by atoms with van der Waals surface area (Å²) in [6.07, 6.45) is 3.71. The maximum absolute atomic E-state index is 14.6. The van der Waals surface area contributed by atoms with Gasteiger partial charge in [0, 0.05) is 23.8 Å². The third-order valence-electron chi connectivity index (χ3n) is 6.21. The average Bonchev–Trinajstić information content (AvgIpc) is 3.24. The van der Waals surface area contributed by atoms with Gasteiger partial charge >= 0.3 is 0 Å². The average molecular weight is 417 g/mol. The highest BCUT2D eigenvalue weighted by molar-refractivity contribution is 5.83. The Hall–Kier alpha value is -2.48. The minimum Gasteiger partial charge on any atom is -0.363 e. The molecule has 5 nitrogen and oxygen atoms in total. The zero-order valence-corrected chi connectivity index (χ0v) is 17.1. The van der Waals surface area contributed by atoms with Gasteiger partial charge in [0.05, 0.1) is 17.3 Å². The van der Waals surface area contributed by atoms with Crippen LogP contribution in [0.5, 0.6) is 0 Å². The Morgan fingerprint density at radius 2 is 1.87 bits per heavy atom. The van der Waals surface area contributed by atoms with E-state index in [-0.39, 0.29) is 5.56 Å². The number of hydrogen-bond acceptors (Lipinski definition) is 5. The number of aromatic nitrogens is 2. The first kappa shape index (κ1) is 20.8. The van der Waals surface area contributed by atoms with Gasteiger partial charge in [-0.15, -0.1) is 0 Å². The predicted octanol–water partition coefficient (Wildman–Crippen LogP) is 4.86. The lowest BCUT2D eigenvalue weighted by atomic mass is 9.84. The van der Waals surface area contributed by atoms with E-state index in [1.54, 1.807) is 20.1 Å². The maximum atomic E-state index is 14.6. The molecule has 0 bridgehead atoms. The molecular formula is C22H26F3N5. The first-order valence-corrected chi connectivity index (χ1v) is 10.3. The normalized spacial score (nSPS) is 22.4. The molecule has 2 heterocycles. The van der Waals surface area contributed by atoms with Crippen molar-refractivity contribution in [3.05, 3.63) is 52.2 Å². The molecule has 2 atom stereocenters. The van der Waals surface area contributed by atoms with E-state index in [0.29, 0.717) is 29.7 Å². The standard InChI is InChI=1S/C22H26F3N5/c1-12(15-8-5-9-16(19(15)23)20(24)25)28-21-17-10-22(26,14-6-3-4-7-14)27-11-18(17)29-13(2)30-21/h5,8-9,11-12,14,20H,3-4,6-7,10,26H2,1-2H3,(H,28,29,30)/t12-,22?/m1/s1. The molecule has 8 heteroatoms. The van der Waals surface area contributed by atoms with Crippen molar-refractivity contribution in [2.45, 2.75) is 64.1 Å². The molecule has 1 aliphatic carbocycles. The molecule has 1 aromatic heterocycles. The summed E-state index contributed by atoms with van der Waals surface area (Å²) in [5, 5.41) is 3.21. The topological polar surface area (TPSA) is 76.2 Å². The summed E-state index contributed by atoms with van der Waals surface area (Å²) in [5.41, 5.74) is 7.07. The Morgan fingerprint density at radius 1 is 1.17 bits per heavy atom. The van der Waals surface area contributed by atoms with Crippen molar-refractivity contribution in [2.24, 2.45) is 16.6 Å². The molecule has 0 amide bonds. The summed E-state index contributed by atoms with van der Waals surface area (Å²) in [5.74, 6) is 0.495. The quantitative estimate of drug-likeness (QED) is 0.729. The van der Waals surface area contributed by atoms with Crippen LogP contribution in [0.3, 0.4) is 0 Å². The molecule has 0 radical (unpaired) electrons. The van der Waals surface area contributed by atoms with Crippen molar-refractivity contribution in [1.82, 2.24) is 9.97 Å². The Balaban J connectivity index is 1.66. The van der Waals surface area contributed by atoms with Gasteiger partial charge in [-0.2, -0.15) is 0 Å². The third-order valence-corrected chi connectivity index (χ3v) is 6.21. The van der Waals surface area contributed by atoms with Crippen molar-refractivity contribution < 1.29 is 13.2 Å². The highest BCUT2D eigenvalue weighted by Gasteiger charge is 2.40. The number of hydrogen-bond donors (Lipinski definition) is 2. The second-order valence-electron chi connectivity index (χ2n) is 8.31. The van der Waals surface area contributed by atoms with Gasteiger partial charge in [-0.25, -0.2) is 23.1 Å². The van der Waals surface area contributed by atoms with E-state index in [1.807, 2.05) is 0 Å². The monoisotopic (exact) mass is 417 g/mol. The molecule has 1 saturated carbocycles. The minimum absolute atomic E-state index is 0.164. The number of aryl methyl sites for hydroxylation is 1. The summed E-state index contributed by atoms with van der Waals surface area (Å²) in [6, 6.07) is 3.48. The largest absolute Gasteiger partial charge is 0.363 e. The Morgan fingerprint density at radius 3 is 2.57 bits per heavy atom. The van der Waals surface area contributed by atoms with Gasteiger partial charge in [0.1, 0.15) is 23.1 Å². The van der Waals surface area contributed by atoms with E-state index in [0.717, 1.165) is 37.3 Å². The molecule has 30 heavy (non-hydrogen) atoms. The molecule has 3 N–H and O–H groups in total. The van der Waals surface area contributed by atoms with Crippen LogP contribution >= 0.6 is 0 Å². The van der Waals surface area contributed by atoms with Crippen LogP contribution in [0.2, 0.25) is 0 Å². The molecule has 160 valence electrons. The smallest absolute Gasteiger partial charge is 0.266 e. The highest BCUT2D eigenvalue weighted by Crippen LogP contribution is 2.39. The molecule has 1 unspecified atom stereocenters. The van der Waals surface area contributed by atoms with Gasteiger partial charge in [-0.3, -0.25) is 4.99 Å². The summed E-state index contributed by atoms with van der Waals surface area (Å²) < 4.78 is 40.8. The molecule has 0 spiro atoms. The van der Waals surface area contributed by atoms with Crippen molar-refractivity contribution in [3.8, 4) is 0 Å². The van der Waals surface area contributed by atoms with Crippen LogP contribution in [-0.4, -0.2) is 21.8 Å². The van der Waals surface area contributed by atoms with Crippen molar-refractivity contribution in [3.63, 3.8) is 0 Å². The second kappa shape index (κ2) is 7.98. The SMILES string of the molecule is Cc1nc2c(c(N[C@H](C)c3cccc(C(F)F)c3F)n1)CC(N)(C1CCCC1)N=C2. The number of rotatable bonds is 5. The summed E-state index contributed by atoms with van der Waals surface area (Å²) in [4.78, 5) is 13.6. The second-order valence-corrected chi connectivity index (χ2v) is 8.31. The van der Waals surface area contributed by atoms with Gasteiger partial charge in [-0.1, -0.05) is 31.0 Å². The minimum atomic E-state index is -2.87. The lowest BCUT2D eigenvalue weighted by Gasteiger charge is -2.35. The van der Waals surface area contributed by atoms with E-state index in [9.17, 15) is 13.2 Å². The van der Waals surface area contributed by atoms with Crippen LogP contribution in [0.15, 0.2) is 23.2 Å². The molecule has 2 aromatic rings. The molecule has 2 aliphatic rings. The van der Waals surface area contributed by atoms with E-state index in [1.165, 1.54) is 12.1 Å². The van der Waals surface area contributed by atoms with Gasteiger partial charge < -0.3 is 11.1 Å². The van der Waals surface area contributed by atoms with Gasteiger partial charge in [0.15, 0.2) is 0 Å². The van der Waals surface area contributed by atoms with Crippen LogP contribution < -0.4 is 11.1 Å². The van der Waals surface area contributed by atoms with E-state index in [4.69, 9.17) is 5.73 Å². The first-order chi connectivity index (χ1) is 14.3. The van der Waals surface area contributed by atoms with Crippen LogP contribution in [0.1, 0.15) is 73.3 Å². The third kappa shape index (κ3) is 3.80. The number of nitrogens with one attached hydrogen (secondary N) is 1. The maximum Gasteiger partial charge on any atom is 0.266 e. The lowest BCUT2D eigenvalue weighted by molar-refractivity contribution is 0.146. The summed E-state index contributed by atoms with van der Waals surface area (Å²) >= 11 is 0. The summed E-state index contributed by atoms with van der Waals surface area (Å²) in [7, 11) is 0. The van der Waals surface area contributed by atoms with Crippen molar-refractivity contribution >= 4 is 12.0 Å². The molecule has 4 rings (SSSR count). The van der Waals surface area contributed by atoms with E-state index < -0.39 is 29.5 Å². The van der Waals surface area contributed by atoms with Gasteiger partial charge in [0.25, 0.3) is 6.43 Å². The fraction of sp³-hybridized carbons (Fsp3) is 0.500. The highest BCUT2D eigenvalue weighted by atomic mass is 19.3. The Bertz CT molecular complexity index is 971. The predicted molar refractivity (Wildman–Crippen MR) is 110 cm³/mol. The number of halogens is 3.